The first-order valence-corrected chi connectivity index (χ1v) is 6.75. The molecule has 0 bridgehead atoms. The van der Waals surface area contributed by atoms with E-state index in [1.54, 1.807) is 12.1 Å². The normalized spacial score (nSPS) is 24.2. The Hall–Kier alpha value is -2.11. The number of fused-ring (bicyclic) bond motifs is 3. The minimum absolute atomic E-state index is 0.0148. The van der Waals surface area contributed by atoms with Crippen molar-refractivity contribution in [1.82, 2.24) is 5.01 Å². The second-order valence-electron chi connectivity index (χ2n) is 5.48. The molecule has 2 unspecified atom stereocenters. The van der Waals surface area contributed by atoms with Crippen LogP contribution in [0.4, 0.5) is 5.69 Å². The maximum atomic E-state index is 11.9. The number of methoxy groups -OCH3 is 1. The summed E-state index contributed by atoms with van der Waals surface area (Å²) in [5, 5.41) is 13.2. The van der Waals surface area contributed by atoms with Crippen LogP contribution in [0, 0.1) is 5.92 Å². The van der Waals surface area contributed by atoms with Crippen LogP contribution in [0.5, 0.6) is 5.75 Å². The molecule has 0 aliphatic carbocycles. The number of carbonyl (C=O) groups is 1. The number of nitrogens with zero attached hydrogens (tertiary/aromatic N) is 3. The van der Waals surface area contributed by atoms with E-state index >= 15 is 0 Å². The largest absolute Gasteiger partial charge is 0.497 e. The van der Waals surface area contributed by atoms with Gasteiger partial charge in [-0.05, 0) is 24.1 Å². The Morgan fingerprint density at radius 1 is 1.45 bits per heavy atom. The molecule has 6 nitrogen and oxygen atoms in total. The Bertz CT molecular complexity index is 570. The minimum atomic E-state index is -0.0673. The van der Waals surface area contributed by atoms with Gasteiger partial charge in [0, 0.05) is 11.3 Å². The number of anilines is 1. The van der Waals surface area contributed by atoms with Crippen LogP contribution in [-0.2, 0) is 4.79 Å². The van der Waals surface area contributed by atoms with Gasteiger partial charge in [-0.1, -0.05) is 19.1 Å². The average Bonchev–Trinajstić information content (AvgIpc) is 2.77. The summed E-state index contributed by atoms with van der Waals surface area (Å²) in [4.78, 5) is 11.9. The van der Waals surface area contributed by atoms with Crippen molar-refractivity contribution < 1.29 is 9.53 Å². The number of benzene rings is 1. The molecule has 0 aromatic heterocycles. The standard InChI is InChI=1S/C14H18N4O2/c1-8(2)13-14-10-6-9(20-3)4-5-11(10)15-12(19)7-18(14)17-16-13/h4-6,8,13-14H,7H2,1-3H3,(H,15,19). The highest BCUT2D eigenvalue weighted by Gasteiger charge is 2.40. The first kappa shape index (κ1) is 12.9. The molecule has 3 rings (SSSR count). The van der Waals surface area contributed by atoms with Gasteiger partial charge in [-0.2, -0.15) is 5.11 Å². The quantitative estimate of drug-likeness (QED) is 0.900. The van der Waals surface area contributed by atoms with Crippen molar-refractivity contribution in [2.24, 2.45) is 16.3 Å². The molecule has 6 heteroatoms. The smallest absolute Gasteiger partial charge is 0.245 e. The zero-order valence-electron chi connectivity index (χ0n) is 11.8. The molecule has 2 aliphatic heterocycles. The van der Waals surface area contributed by atoms with Gasteiger partial charge in [0.1, 0.15) is 24.4 Å². The van der Waals surface area contributed by atoms with Crippen molar-refractivity contribution in [2.45, 2.75) is 25.9 Å². The third kappa shape index (κ3) is 2.01. The molecule has 0 spiro atoms. The second kappa shape index (κ2) is 4.77. The molecule has 0 radical (unpaired) electrons. The van der Waals surface area contributed by atoms with Crippen LogP contribution in [0.25, 0.3) is 0 Å². The zero-order chi connectivity index (χ0) is 14.3. The van der Waals surface area contributed by atoms with Crippen LogP contribution >= 0.6 is 0 Å². The Morgan fingerprint density at radius 3 is 2.95 bits per heavy atom. The van der Waals surface area contributed by atoms with Gasteiger partial charge in [0.2, 0.25) is 5.91 Å². The van der Waals surface area contributed by atoms with Crippen molar-refractivity contribution in [3.8, 4) is 5.75 Å². The summed E-state index contributed by atoms with van der Waals surface area (Å²) in [7, 11) is 1.64. The monoisotopic (exact) mass is 274 g/mol. The van der Waals surface area contributed by atoms with Crippen LogP contribution < -0.4 is 10.1 Å². The lowest BCUT2D eigenvalue weighted by Crippen LogP contribution is -2.32. The number of amides is 1. The fourth-order valence-corrected chi connectivity index (χ4v) is 2.76. The van der Waals surface area contributed by atoms with Crippen LogP contribution in [0.2, 0.25) is 0 Å². The number of hydrogen-bond donors (Lipinski definition) is 1. The molecular formula is C14H18N4O2. The van der Waals surface area contributed by atoms with Gasteiger partial charge in [0.15, 0.2) is 0 Å². The number of ether oxygens (including phenoxy) is 1. The van der Waals surface area contributed by atoms with E-state index in [-0.39, 0.29) is 24.5 Å². The van der Waals surface area contributed by atoms with Gasteiger partial charge in [0.05, 0.1) is 7.11 Å². The Morgan fingerprint density at radius 2 is 2.25 bits per heavy atom. The summed E-state index contributed by atoms with van der Waals surface area (Å²) < 4.78 is 5.30. The topological polar surface area (TPSA) is 66.3 Å². The summed E-state index contributed by atoms with van der Waals surface area (Å²) in [6.07, 6.45) is 0. The predicted octanol–water partition coefficient (Wildman–Crippen LogP) is 2.40. The molecule has 2 atom stereocenters. The maximum absolute atomic E-state index is 11.9. The molecule has 0 saturated carbocycles. The van der Waals surface area contributed by atoms with Gasteiger partial charge in [-0.25, -0.2) is 0 Å². The van der Waals surface area contributed by atoms with E-state index in [0.717, 1.165) is 17.0 Å². The summed E-state index contributed by atoms with van der Waals surface area (Å²) in [5.41, 5.74) is 1.83. The number of carbonyl (C=O) groups excluding carboxylic acids is 1. The number of hydrogen-bond acceptors (Lipinski definition) is 5. The van der Waals surface area contributed by atoms with Crippen LogP contribution in [-0.4, -0.2) is 30.6 Å². The highest BCUT2D eigenvalue weighted by Crippen LogP contribution is 2.41. The lowest BCUT2D eigenvalue weighted by Gasteiger charge is -2.26. The Kier molecular flexibility index (Phi) is 3.08. The molecule has 20 heavy (non-hydrogen) atoms. The van der Waals surface area contributed by atoms with Gasteiger partial charge in [0.25, 0.3) is 0 Å². The summed E-state index contributed by atoms with van der Waals surface area (Å²) in [6.45, 7) is 4.47. The molecule has 2 aliphatic rings. The first-order chi connectivity index (χ1) is 9.60. The van der Waals surface area contributed by atoms with E-state index in [1.165, 1.54) is 0 Å². The Labute approximate surface area is 117 Å². The molecule has 106 valence electrons. The van der Waals surface area contributed by atoms with E-state index in [9.17, 15) is 4.79 Å². The molecule has 0 saturated heterocycles. The van der Waals surface area contributed by atoms with Crippen LogP contribution in [0.15, 0.2) is 28.5 Å². The summed E-state index contributed by atoms with van der Waals surface area (Å²) in [6, 6.07) is 5.73. The van der Waals surface area contributed by atoms with Crippen molar-refractivity contribution in [3.05, 3.63) is 23.8 Å². The molecule has 1 aromatic rings. The highest BCUT2D eigenvalue weighted by atomic mass is 16.5. The molecule has 2 heterocycles. The highest BCUT2D eigenvalue weighted by molar-refractivity contribution is 5.94. The minimum Gasteiger partial charge on any atom is -0.497 e. The van der Waals surface area contributed by atoms with Gasteiger partial charge < -0.3 is 10.1 Å². The van der Waals surface area contributed by atoms with Gasteiger partial charge in [-0.3, -0.25) is 9.80 Å². The molecule has 1 amide bonds. The third-order valence-corrected chi connectivity index (χ3v) is 3.78. The second-order valence-corrected chi connectivity index (χ2v) is 5.48. The average molecular weight is 274 g/mol. The zero-order valence-corrected chi connectivity index (χ0v) is 11.8. The summed E-state index contributed by atoms with van der Waals surface area (Å²) in [5.74, 6) is 1.05. The van der Waals surface area contributed by atoms with E-state index in [2.05, 4.69) is 29.5 Å². The molecular weight excluding hydrogens is 256 g/mol. The number of rotatable bonds is 2. The van der Waals surface area contributed by atoms with Crippen molar-refractivity contribution >= 4 is 11.6 Å². The molecule has 1 N–H and O–H groups in total. The van der Waals surface area contributed by atoms with Crippen LogP contribution in [0.1, 0.15) is 25.5 Å². The molecule has 1 aromatic carbocycles. The fraction of sp³-hybridized carbons (Fsp3) is 0.500. The van der Waals surface area contributed by atoms with Gasteiger partial charge >= 0.3 is 0 Å². The van der Waals surface area contributed by atoms with Crippen LogP contribution in [0.3, 0.4) is 0 Å². The fourth-order valence-electron chi connectivity index (χ4n) is 2.76. The predicted molar refractivity (Wildman–Crippen MR) is 74.6 cm³/mol. The van der Waals surface area contributed by atoms with E-state index in [1.807, 2.05) is 18.2 Å². The third-order valence-electron chi connectivity index (χ3n) is 3.78. The maximum Gasteiger partial charge on any atom is 0.245 e. The van der Waals surface area contributed by atoms with Crippen molar-refractivity contribution in [1.29, 1.82) is 0 Å². The van der Waals surface area contributed by atoms with E-state index < -0.39 is 0 Å². The van der Waals surface area contributed by atoms with Crippen molar-refractivity contribution in [2.75, 3.05) is 19.0 Å². The summed E-state index contributed by atoms with van der Waals surface area (Å²) >= 11 is 0. The number of nitrogens with one attached hydrogen (secondary N) is 1. The van der Waals surface area contributed by atoms with Gasteiger partial charge in [-0.15, -0.1) is 0 Å². The van der Waals surface area contributed by atoms with E-state index in [4.69, 9.17) is 4.74 Å². The van der Waals surface area contributed by atoms with Crippen molar-refractivity contribution in [3.63, 3.8) is 0 Å². The Balaban J connectivity index is 2.10. The lowest BCUT2D eigenvalue weighted by atomic mass is 9.91. The lowest BCUT2D eigenvalue weighted by molar-refractivity contribution is -0.117. The SMILES string of the molecule is COc1ccc2c(c1)C1C(C(C)C)N=NN1CC(=O)N2. The first-order valence-electron chi connectivity index (χ1n) is 6.75. The van der Waals surface area contributed by atoms with E-state index in [0.29, 0.717) is 5.92 Å². The molecule has 0 fully saturated rings.